The second kappa shape index (κ2) is 7.99. The van der Waals surface area contributed by atoms with Crippen LogP contribution in [0, 0.1) is 6.92 Å². The van der Waals surface area contributed by atoms with Crippen molar-refractivity contribution in [1.29, 1.82) is 0 Å². The van der Waals surface area contributed by atoms with E-state index in [1.807, 2.05) is 25.1 Å². The van der Waals surface area contributed by atoms with Crippen molar-refractivity contribution in [2.75, 3.05) is 7.05 Å². The first-order chi connectivity index (χ1) is 13.3. The van der Waals surface area contributed by atoms with Crippen LogP contribution in [0.1, 0.15) is 22.3 Å². The number of ether oxygens (including phenoxy) is 1. The molecule has 0 saturated carbocycles. The molecule has 0 fully saturated rings. The van der Waals surface area contributed by atoms with Crippen molar-refractivity contribution in [3.05, 3.63) is 45.9 Å². The van der Waals surface area contributed by atoms with Crippen molar-refractivity contribution in [3.63, 3.8) is 0 Å². The summed E-state index contributed by atoms with van der Waals surface area (Å²) in [6.07, 6.45) is -1.13. The summed E-state index contributed by atoms with van der Waals surface area (Å²) < 4.78 is 6.85. The zero-order valence-electron chi connectivity index (χ0n) is 15.3. The summed E-state index contributed by atoms with van der Waals surface area (Å²) in [4.78, 5) is 36.6. The number of carbonyl (C=O) groups is 3. The number of aryl methyl sites for hydroxylation is 1. The van der Waals surface area contributed by atoms with Crippen molar-refractivity contribution in [2.45, 2.75) is 20.0 Å². The average Bonchev–Trinajstić information content (AvgIpc) is 3.23. The van der Waals surface area contributed by atoms with E-state index in [1.165, 1.54) is 25.3 Å². The van der Waals surface area contributed by atoms with E-state index in [4.69, 9.17) is 16.3 Å². The van der Waals surface area contributed by atoms with E-state index < -0.39 is 24.0 Å². The molecule has 2 N–H and O–H groups in total. The quantitative estimate of drug-likeness (QED) is 0.631. The Morgan fingerprint density at radius 2 is 2.00 bits per heavy atom. The molecule has 1 aromatic carbocycles. The molecule has 0 radical (unpaired) electrons. The SMILES string of the molecule is CNC(=O)NC(=O)C(C)OC(=O)c1cc2c(C)nn(-c3ccccc3Cl)c2s1. The molecule has 2 heterocycles. The summed E-state index contributed by atoms with van der Waals surface area (Å²) in [6, 6.07) is 8.25. The molecular formula is C18H17ClN4O4S. The molecule has 10 heteroatoms. The largest absolute Gasteiger partial charge is 0.448 e. The number of esters is 1. The summed E-state index contributed by atoms with van der Waals surface area (Å²) in [7, 11) is 1.38. The van der Waals surface area contributed by atoms with Crippen molar-refractivity contribution < 1.29 is 19.1 Å². The molecule has 146 valence electrons. The zero-order valence-corrected chi connectivity index (χ0v) is 16.9. The molecular weight excluding hydrogens is 404 g/mol. The summed E-state index contributed by atoms with van der Waals surface area (Å²) >= 11 is 7.45. The lowest BCUT2D eigenvalue weighted by Gasteiger charge is -2.11. The van der Waals surface area contributed by atoms with E-state index >= 15 is 0 Å². The van der Waals surface area contributed by atoms with Crippen LogP contribution in [0.15, 0.2) is 30.3 Å². The Kier molecular flexibility index (Phi) is 5.66. The third-order valence-corrected chi connectivity index (χ3v) is 5.35. The molecule has 0 spiro atoms. The van der Waals surface area contributed by atoms with Crippen molar-refractivity contribution >= 4 is 51.1 Å². The van der Waals surface area contributed by atoms with E-state index in [0.717, 1.165) is 15.9 Å². The number of urea groups is 1. The molecule has 2 aromatic heterocycles. The molecule has 0 bridgehead atoms. The number of hydrogen-bond donors (Lipinski definition) is 2. The first kappa shape index (κ1) is 19.8. The number of nitrogens with one attached hydrogen (secondary N) is 2. The standard InChI is InChI=1S/C18H17ClN4O4S/c1-9-11-8-14(17(25)27-10(2)15(24)21-18(26)20-3)28-16(11)23(22-9)13-7-5-4-6-12(13)19/h4-8,10H,1-3H3,(H2,20,21,24,26). The highest BCUT2D eigenvalue weighted by Gasteiger charge is 2.23. The Bertz CT molecular complexity index is 1070. The number of imide groups is 1. The molecule has 0 aliphatic rings. The Labute approximate surface area is 169 Å². The molecule has 8 nitrogen and oxygen atoms in total. The van der Waals surface area contributed by atoms with Gasteiger partial charge in [0.1, 0.15) is 9.71 Å². The number of aromatic nitrogens is 2. The van der Waals surface area contributed by atoms with Gasteiger partial charge in [0, 0.05) is 12.4 Å². The number of benzene rings is 1. The first-order valence-electron chi connectivity index (χ1n) is 8.29. The van der Waals surface area contributed by atoms with Crippen molar-refractivity contribution in [3.8, 4) is 5.69 Å². The van der Waals surface area contributed by atoms with Gasteiger partial charge in [-0.05, 0) is 32.0 Å². The van der Waals surface area contributed by atoms with Crippen LogP contribution in [0.5, 0.6) is 0 Å². The lowest BCUT2D eigenvalue weighted by molar-refractivity contribution is -0.127. The minimum Gasteiger partial charge on any atom is -0.448 e. The zero-order chi connectivity index (χ0) is 20.4. The van der Waals surface area contributed by atoms with Crippen LogP contribution < -0.4 is 10.6 Å². The molecule has 0 aliphatic carbocycles. The number of carbonyl (C=O) groups excluding carboxylic acids is 3. The van der Waals surface area contributed by atoms with E-state index in [-0.39, 0.29) is 0 Å². The van der Waals surface area contributed by atoms with Gasteiger partial charge in [0.05, 0.1) is 16.4 Å². The lowest BCUT2D eigenvalue weighted by atomic mass is 10.3. The van der Waals surface area contributed by atoms with Crippen molar-refractivity contribution in [1.82, 2.24) is 20.4 Å². The fourth-order valence-corrected chi connectivity index (χ4v) is 3.76. The van der Waals surface area contributed by atoms with Crippen LogP contribution in [0.2, 0.25) is 5.02 Å². The van der Waals surface area contributed by atoms with Crippen LogP contribution in [0.25, 0.3) is 15.9 Å². The predicted molar refractivity (Wildman–Crippen MR) is 106 cm³/mol. The average molecular weight is 421 g/mol. The van der Waals surface area contributed by atoms with Crippen LogP contribution in [0.3, 0.4) is 0 Å². The third-order valence-electron chi connectivity index (χ3n) is 3.94. The highest BCUT2D eigenvalue weighted by Crippen LogP contribution is 2.32. The molecule has 3 amide bonds. The number of amides is 3. The highest BCUT2D eigenvalue weighted by atomic mass is 35.5. The third kappa shape index (κ3) is 3.85. The van der Waals surface area contributed by atoms with Gasteiger partial charge < -0.3 is 10.1 Å². The summed E-state index contributed by atoms with van der Waals surface area (Å²) in [5.74, 6) is -1.38. The fraction of sp³-hybridized carbons (Fsp3) is 0.222. The van der Waals surface area contributed by atoms with Gasteiger partial charge in [0.2, 0.25) is 0 Å². The molecule has 3 rings (SSSR count). The van der Waals surface area contributed by atoms with Gasteiger partial charge in [-0.1, -0.05) is 23.7 Å². The number of fused-ring (bicyclic) bond motifs is 1. The molecule has 3 aromatic rings. The summed E-state index contributed by atoms with van der Waals surface area (Å²) in [6.45, 7) is 3.22. The highest BCUT2D eigenvalue weighted by molar-refractivity contribution is 7.20. The topological polar surface area (TPSA) is 102 Å². The van der Waals surface area contributed by atoms with Crippen molar-refractivity contribution in [2.24, 2.45) is 0 Å². The monoisotopic (exact) mass is 420 g/mol. The van der Waals surface area contributed by atoms with Gasteiger partial charge in [0.25, 0.3) is 5.91 Å². The van der Waals surface area contributed by atoms with E-state index in [1.54, 1.807) is 16.8 Å². The molecule has 0 saturated heterocycles. The van der Waals surface area contributed by atoms with Gasteiger partial charge in [-0.3, -0.25) is 10.1 Å². The molecule has 1 unspecified atom stereocenters. The normalized spacial score (nSPS) is 11.9. The molecule has 0 aliphatic heterocycles. The molecule has 28 heavy (non-hydrogen) atoms. The first-order valence-corrected chi connectivity index (χ1v) is 9.49. The number of halogens is 1. The predicted octanol–water partition coefficient (Wildman–Crippen LogP) is 3.05. The fourth-order valence-electron chi connectivity index (χ4n) is 2.48. The van der Waals surface area contributed by atoms with Crippen LogP contribution in [0.4, 0.5) is 4.79 Å². The Morgan fingerprint density at radius 1 is 1.29 bits per heavy atom. The number of nitrogens with zero attached hydrogens (tertiary/aromatic N) is 2. The van der Waals surface area contributed by atoms with E-state index in [9.17, 15) is 14.4 Å². The smallest absolute Gasteiger partial charge is 0.349 e. The Hall–Kier alpha value is -2.91. The Balaban J connectivity index is 1.86. The maximum Gasteiger partial charge on any atom is 0.349 e. The Morgan fingerprint density at radius 3 is 2.68 bits per heavy atom. The molecule has 1 atom stereocenters. The van der Waals surface area contributed by atoms with Crippen LogP contribution in [-0.4, -0.2) is 40.8 Å². The maximum atomic E-state index is 12.5. The van der Waals surface area contributed by atoms with Crippen LogP contribution in [-0.2, 0) is 9.53 Å². The summed E-state index contributed by atoms with van der Waals surface area (Å²) in [5.41, 5.74) is 1.43. The van der Waals surface area contributed by atoms with Gasteiger partial charge >= 0.3 is 12.0 Å². The lowest BCUT2D eigenvalue weighted by Crippen LogP contribution is -2.43. The maximum absolute atomic E-state index is 12.5. The van der Waals surface area contributed by atoms with E-state index in [0.29, 0.717) is 15.6 Å². The van der Waals surface area contributed by atoms with Gasteiger partial charge in [0.15, 0.2) is 6.10 Å². The minimum atomic E-state index is -1.13. The minimum absolute atomic E-state index is 0.316. The number of para-hydroxylation sites is 1. The van der Waals surface area contributed by atoms with Crippen LogP contribution >= 0.6 is 22.9 Å². The van der Waals surface area contributed by atoms with E-state index in [2.05, 4.69) is 15.7 Å². The number of rotatable bonds is 4. The summed E-state index contributed by atoms with van der Waals surface area (Å²) in [5, 5.41) is 10.1. The van der Waals surface area contributed by atoms with Gasteiger partial charge in [-0.25, -0.2) is 14.3 Å². The number of hydrogen-bond acceptors (Lipinski definition) is 6. The van der Waals surface area contributed by atoms with Gasteiger partial charge in [-0.2, -0.15) is 5.10 Å². The van der Waals surface area contributed by atoms with Gasteiger partial charge in [-0.15, -0.1) is 11.3 Å². The second-order valence-corrected chi connectivity index (χ2v) is 7.33. The second-order valence-electron chi connectivity index (χ2n) is 5.89. The number of thiophene rings is 1.